The zero-order valence-corrected chi connectivity index (χ0v) is 18.9. The Morgan fingerprint density at radius 2 is 1.79 bits per heavy atom. The maximum Gasteiger partial charge on any atom is 0.408 e. The van der Waals surface area contributed by atoms with Gasteiger partial charge in [0.05, 0.1) is 18.7 Å². The minimum absolute atomic E-state index is 0.0184. The average Bonchev–Trinajstić information content (AvgIpc) is 2.76. The number of esters is 1. The molecule has 0 saturated carbocycles. The third-order valence-corrected chi connectivity index (χ3v) is 4.37. The Balaban J connectivity index is 1.85. The van der Waals surface area contributed by atoms with Crippen molar-refractivity contribution in [3.8, 4) is 0 Å². The lowest BCUT2D eigenvalue weighted by Crippen LogP contribution is -2.46. The van der Waals surface area contributed by atoms with Gasteiger partial charge >= 0.3 is 12.1 Å². The molecule has 0 radical (unpaired) electrons. The van der Waals surface area contributed by atoms with Crippen molar-refractivity contribution in [3.05, 3.63) is 71.0 Å². The van der Waals surface area contributed by atoms with Gasteiger partial charge in [0.1, 0.15) is 24.1 Å². The Labute approximate surface area is 192 Å². The van der Waals surface area contributed by atoms with Gasteiger partial charge in [-0.2, -0.15) is 0 Å². The first-order chi connectivity index (χ1) is 15.6. The lowest BCUT2D eigenvalue weighted by atomic mass is 10.1. The topological polar surface area (TPSA) is 114 Å². The summed E-state index contributed by atoms with van der Waals surface area (Å²) in [6.45, 7) is 4.28. The van der Waals surface area contributed by atoms with E-state index < -0.39 is 41.9 Å². The molecule has 0 saturated heterocycles. The van der Waals surface area contributed by atoms with Crippen molar-refractivity contribution in [2.45, 2.75) is 45.6 Å². The predicted molar refractivity (Wildman–Crippen MR) is 119 cm³/mol. The number of ketones is 1. The molecule has 1 amide bonds. The number of ether oxygens (including phenoxy) is 2. The number of alkyl carbamates (subject to hydrolysis) is 1. The molecular weight excluding hydrogens is 431 g/mol. The third-order valence-electron chi connectivity index (χ3n) is 4.37. The van der Waals surface area contributed by atoms with Crippen LogP contribution in [0.15, 0.2) is 48.5 Å². The molecule has 0 aliphatic heterocycles. The molecule has 2 aromatic carbocycles. The Hall–Kier alpha value is -3.30. The number of benzene rings is 2. The van der Waals surface area contributed by atoms with Gasteiger partial charge in [0.15, 0.2) is 5.78 Å². The molecule has 3 N–H and O–H groups in total. The number of hydrogen-bond acceptors (Lipinski definition) is 7. The van der Waals surface area contributed by atoms with Gasteiger partial charge in [-0.15, -0.1) is 0 Å². The maximum absolute atomic E-state index is 14.1. The number of amides is 1. The lowest BCUT2D eigenvalue weighted by Gasteiger charge is -2.19. The molecule has 2 aromatic rings. The van der Waals surface area contributed by atoms with Crippen LogP contribution in [0.1, 0.15) is 42.3 Å². The molecule has 0 heterocycles. The number of nitrogens with one attached hydrogen (secondary N) is 2. The van der Waals surface area contributed by atoms with Crippen LogP contribution in [0.2, 0.25) is 0 Å². The van der Waals surface area contributed by atoms with Crippen LogP contribution in [0.25, 0.3) is 0 Å². The molecule has 178 valence electrons. The second-order valence-electron chi connectivity index (χ2n) is 8.32. The number of carbonyl (C=O) groups is 3. The van der Waals surface area contributed by atoms with Crippen LogP contribution >= 0.6 is 0 Å². The van der Waals surface area contributed by atoms with Gasteiger partial charge in [-0.3, -0.25) is 4.79 Å². The Kier molecular flexibility index (Phi) is 9.50. The fraction of sp³-hybridized carbons (Fsp3) is 0.375. The Morgan fingerprint density at radius 3 is 2.42 bits per heavy atom. The van der Waals surface area contributed by atoms with Crippen molar-refractivity contribution in [2.24, 2.45) is 0 Å². The Bertz CT molecular complexity index is 959. The van der Waals surface area contributed by atoms with Crippen LogP contribution in [0.3, 0.4) is 0 Å². The standard InChI is InChI=1S/C24H29FN2O6/c1-24(2,3)33-22(30)17-9-10-19(25)18(11-17)12-26-13-21(29)20(14-28)27-23(31)32-15-16-7-5-4-6-8-16/h4-11,20,26,28H,12-15H2,1-3H3,(H,27,31)/t20-/m0/s1. The monoisotopic (exact) mass is 460 g/mol. The quantitative estimate of drug-likeness (QED) is 0.467. The zero-order chi connectivity index (χ0) is 24.4. The highest BCUT2D eigenvalue weighted by molar-refractivity contribution is 5.90. The molecule has 2 rings (SSSR count). The van der Waals surface area contributed by atoms with Crippen molar-refractivity contribution in [2.75, 3.05) is 13.2 Å². The first kappa shape index (κ1) is 26.0. The van der Waals surface area contributed by atoms with E-state index in [9.17, 15) is 23.9 Å². The minimum Gasteiger partial charge on any atom is -0.456 e. The molecule has 0 unspecified atom stereocenters. The second-order valence-corrected chi connectivity index (χ2v) is 8.32. The van der Waals surface area contributed by atoms with Gasteiger partial charge in [0.25, 0.3) is 0 Å². The minimum atomic E-state index is -1.18. The van der Waals surface area contributed by atoms with Crippen LogP contribution in [-0.4, -0.2) is 47.7 Å². The van der Waals surface area contributed by atoms with Crippen LogP contribution < -0.4 is 10.6 Å². The number of hydrogen-bond donors (Lipinski definition) is 3. The summed E-state index contributed by atoms with van der Waals surface area (Å²) in [5.74, 6) is -1.65. The molecule has 33 heavy (non-hydrogen) atoms. The Morgan fingerprint density at radius 1 is 1.09 bits per heavy atom. The van der Waals surface area contributed by atoms with E-state index in [-0.39, 0.29) is 30.8 Å². The van der Waals surface area contributed by atoms with Crippen LogP contribution in [0, 0.1) is 5.82 Å². The molecule has 0 fully saturated rings. The smallest absolute Gasteiger partial charge is 0.408 e. The zero-order valence-electron chi connectivity index (χ0n) is 18.9. The molecule has 0 aliphatic carbocycles. The summed E-state index contributed by atoms with van der Waals surface area (Å²) in [5.41, 5.74) is 0.439. The van der Waals surface area contributed by atoms with Crippen molar-refractivity contribution in [1.29, 1.82) is 0 Å². The summed E-state index contributed by atoms with van der Waals surface area (Å²) in [4.78, 5) is 36.4. The maximum atomic E-state index is 14.1. The van der Waals surface area contributed by atoms with Gasteiger partial charge in [0.2, 0.25) is 0 Å². The fourth-order valence-corrected chi connectivity index (χ4v) is 2.75. The van der Waals surface area contributed by atoms with E-state index in [2.05, 4.69) is 10.6 Å². The summed E-state index contributed by atoms with van der Waals surface area (Å²) in [5, 5.41) is 14.5. The number of halogens is 1. The number of rotatable bonds is 10. The first-order valence-corrected chi connectivity index (χ1v) is 10.4. The number of aliphatic hydroxyl groups is 1. The number of Topliss-reactive ketones (excluding diaryl/α,β-unsaturated/α-hetero) is 1. The van der Waals surface area contributed by atoms with Crippen molar-refractivity contribution >= 4 is 17.8 Å². The molecule has 9 heteroatoms. The van der Waals surface area contributed by atoms with Gasteiger partial charge in [0, 0.05) is 12.1 Å². The van der Waals surface area contributed by atoms with E-state index in [0.717, 1.165) is 11.6 Å². The predicted octanol–water partition coefficient (Wildman–Crippen LogP) is 2.73. The summed E-state index contributed by atoms with van der Waals surface area (Å²) in [6, 6.07) is 11.6. The van der Waals surface area contributed by atoms with Gasteiger partial charge in [-0.1, -0.05) is 30.3 Å². The normalized spacial score (nSPS) is 12.0. The highest BCUT2D eigenvalue weighted by atomic mass is 19.1. The van der Waals surface area contributed by atoms with E-state index >= 15 is 0 Å². The molecule has 0 aromatic heterocycles. The number of carbonyl (C=O) groups excluding carboxylic acids is 3. The highest BCUT2D eigenvalue weighted by Crippen LogP contribution is 2.15. The molecule has 0 bridgehead atoms. The number of aliphatic hydroxyl groups excluding tert-OH is 1. The van der Waals surface area contributed by atoms with Crippen molar-refractivity contribution < 1.29 is 33.4 Å². The third kappa shape index (κ3) is 8.99. The van der Waals surface area contributed by atoms with Crippen LogP contribution in [-0.2, 0) is 27.4 Å². The second kappa shape index (κ2) is 12.1. The SMILES string of the molecule is CC(C)(C)OC(=O)c1ccc(F)c(CNCC(=O)[C@H](CO)NC(=O)OCc2ccccc2)c1. The van der Waals surface area contributed by atoms with Crippen LogP contribution in [0.4, 0.5) is 9.18 Å². The molecule has 0 spiro atoms. The molecule has 8 nitrogen and oxygen atoms in total. The van der Waals surface area contributed by atoms with Gasteiger partial charge in [-0.25, -0.2) is 14.0 Å². The molecule has 1 atom stereocenters. The summed E-state index contributed by atoms with van der Waals surface area (Å²) < 4.78 is 24.4. The average molecular weight is 461 g/mol. The van der Waals surface area contributed by atoms with E-state index in [1.807, 2.05) is 6.07 Å². The fourth-order valence-electron chi connectivity index (χ4n) is 2.75. The summed E-state index contributed by atoms with van der Waals surface area (Å²) in [6.07, 6.45) is -0.845. The van der Waals surface area contributed by atoms with E-state index in [1.165, 1.54) is 12.1 Å². The van der Waals surface area contributed by atoms with Gasteiger partial charge < -0.3 is 25.2 Å². The first-order valence-electron chi connectivity index (χ1n) is 10.4. The van der Waals surface area contributed by atoms with Crippen molar-refractivity contribution in [3.63, 3.8) is 0 Å². The summed E-state index contributed by atoms with van der Waals surface area (Å²) in [7, 11) is 0. The molecule has 0 aliphatic rings. The van der Waals surface area contributed by atoms with E-state index in [1.54, 1.807) is 45.0 Å². The van der Waals surface area contributed by atoms with Crippen LogP contribution in [0.5, 0.6) is 0 Å². The van der Waals surface area contributed by atoms with E-state index in [0.29, 0.717) is 0 Å². The van der Waals surface area contributed by atoms with E-state index in [4.69, 9.17) is 9.47 Å². The van der Waals surface area contributed by atoms with Crippen molar-refractivity contribution in [1.82, 2.24) is 10.6 Å². The largest absolute Gasteiger partial charge is 0.456 e. The lowest BCUT2D eigenvalue weighted by molar-refractivity contribution is -0.121. The molecular formula is C24H29FN2O6. The summed E-state index contributed by atoms with van der Waals surface area (Å²) >= 11 is 0. The highest BCUT2D eigenvalue weighted by Gasteiger charge is 2.21. The van der Waals surface area contributed by atoms with Gasteiger partial charge in [-0.05, 0) is 44.5 Å².